The van der Waals surface area contributed by atoms with Gasteiger partial charge in [-0.25, -0.2) is 4.39 Å². The Hall–Kier alpha value is -1.13. The molecule has 0 radical (unpaired) electrons. The molecule has 0 spiro atoms. The molecule has 2 atom stereocenters. The summed E-state index contributed by atoms with van der Waals surface area (Å²) in [5.41, 5.74) is 0.877. The summed E-state index contributed by atoms with van der Waals surface area (Å²) in [6, 6.07) is 4.40. The van der Waals surface area contributed by atoms with Crippen LogP contribution in [-0.4, -0.2) is 29.9 Å². The number of aliphatic hydroxyl groups excluding tert-OH is 2. The maximum Gasteiger partial charge on any atom is 0.146 e. The van der Waals surface area contributed by atoms with Crippen LogP contribution in [0.5, 0.6) is 0 Å². The number of rotatable bonds is 4. The largest absolute Gasteiger partial charge is 0.394 e. The molecule has 0 fully saturated rings. The van der Waals surface area contributed by atoms with Crippen LogP contribution < -0.4 is 4.90 Å². The zero-order chi connectivity index (χ0) is 12.3. The van der Waals surface area contributed by atoms with Gasteiger partial charge in [0.05, 0.1) is 18.4 Å². The van der Waals surface area contributed by atoms with Gasteiger partial charge < -0.3 is 15.1 Å². The van der Waals surface area contributed by atoms with Gasteiger partial charge in [-0.2, -0.15) is 0 Å². The van der Waals surface area contributed by atoms with E-state index < -0.39 is 6.10 Å². The van der Waals surface area contributed by atoms with Crippen LogP contribution >= 0.6 is 0 Å². The molecule has 1 unspecified atom stereocenters. The van der Waals surface area contributed by atoms with Crippen molar-refractivity contribution in [2.45, 2.75) is 26.0 Å². The predicted molar refractivity (Wildman–Crippen MR) is 62.0 cm³/mol. The zero-order valence-electron chi connectivity index (χ0n) is 9.81. The Kier molecular flexibility index (Phi) is 4.26. The van der Waals surface area contributed by atoms with Gasteiger partial charge in [-0.3, -0.25) is 0 Å². The van der Waals surface area contributed by atoms with E-state index in [1.807, 2.05) is 0 Å². The van der Waals surface area contributed by atoms with Crippen LogP contribution in [0.4, 0.5) is 10.1 Å². The number of likely N-dealkylation sites (N-methyl/N-ethyl adjacent to an activating group) is 1. The van der Waals surface area contributed by atoms with Crippen molar-refractivity contribution in [3.05, 3.63) is 29.6 Å². The highest BCUT2D eigenvalue weighted by atomic mass is 19.1. The van der Waals surface area contributed by atoms with Crippen molar-refractivity contribution in [1.29, 1.82) is 0 Å². The SMILES string of the molecule is CC(CO)N(C)c1c(F)cccc1[C@H](C)O. The van der Waals surface area contributed by atoms with Crippen LogP contribution in [0, 0.1) is 5.82 Å². The van der Waals surface area contributed by atoms with Crippen LogP contribution in [0.2, 0.25) is 0 Å². The Labute approximate surface area is 95.1 Å². The van der Waals surface area contributed by atoms with Gasteiger partial charge in [0, 0.05) is 18.7 Å². The highest BCUT2D eigenvalue weighted by Gasteiger charge is 2.19. The Morgan fingerprint density at radius 3 is 2.50 bits per heavy atom. The van der Waals surface area contributed by atoms with Crippen molar-refractivity contribution in [1.82, 2.24) is 0 Å². The van der Waals surface area contributed by atoms with Gasteiger partial charge in [0.25, 0.3) is 0 Å². The first-order valence-corrected chi connectivity index (χ1v) is 5.29. The third kappa shape index (κ3) is 2.51. The van der Waals surface area contributed by atoms with Gasteiger partial charge in [0.2, 0.25) is 0 Å². The molecule has 3 nitrogen and oxygen atoms in total. The molecular weight excluding hydrogens is 209 g/mol. The lowest BCUT2D eigenvalue weighted by molar-refractivity contribution is 0.198. The molecule has 0 saturated heterocycles. The van der Waals surface area contributed by atoms with Gasteiger partial charge >= 0.3 is 0 Å². The van der Waals surface area contributed by atoms with E-state index in [1.165, 1.54) is 6.07 Å². The van der Waals surface area contributed by atoms with Crippen molar-refractivity contribution in [2.24, 2.45) is 0 Å². The minimum absolute atomic E-state index is 0.0654. The number of nitrogens with zero attached hydrogens (tertiary/aromatic N) is 1. The maximum atomic E-state index is 13.7. The fraction of sp³-hybridized carbons (Fsp3) is 0.500. The zero-order valence-corrected chi connectivity index (χ0v) is 9.81. The maximum absolute atomic E-state index is 13.7. The van der Waals surface area contributed by atoms with Crippen LogP contribution in [0.3, 0.4) is 0 Å². The van der Waals surface area contributed by atoms with Crippen molar-refractivity contribution in [3.63, 3.8) is 0 Å². The van der Waals surface area contributed by atoms with E-state index in [9.17, 15) is 9.50 Å². The molecule has 0 aromatic heterocycles. The van der Waals surface area contributed by atoms with Crippen LogP contribution in [0.1, 0.15) is 25.5 Å². The molecule has 1 rings (SSSR count). The standard InChI is InChI=1S/C12H18FNO2/c1-8(7-15)14(3)12-10(9(2)16)5-4-6-11(12)13/h4-6,8-9,15-16H,7H2,1-3H3/t8?,9-/m0/s1. The molecule has 0 saturated carbocycles. The van der Waals surface area contributed by atoms with Crippen molar-refractivity contribution < 1.29 is 14.6 Å². The second-order valence-corrected chi connectivity index (χ2v) is 4.00. The third-order valence-corrected chi connectivity index (χ3v) is 2.75. The summed E-state index contributed by atoms with van der Waals surface area (Å²) in [6.45, 7) is 3.32. The second kappa shape index (κ2) is 5.27. The molecule has 0 aliphatic rings. The number of anilines is 1. The van der Waals surface area contributed by atoms with E-state index in [2.05, 4.69) is 0 Å². The van der Waals surface area contributed by atoms with Gasteiger partial charge in [0.1, 0.15) is 5.82 Å². The first-order chi connectivity index (χ1) is 7.49. The Balaban J connectivity index is 3.19. The lowest BCUT2D eigenvalue weighted by atomic mass is 10.1. The summed E-state index contributed by atoms with van der Waals surface area (Å²) in [4.78, 5) is 1.64. The molecule has 1 aromatic carbocycles. The Morgan fingerprint density at radius 2 is 2.00 bits per heavy atom. The lowest BCUT2D eigenvalue weighted by Gasteiger charge is -2.28. The molecule has 1 aromatic rings. The minimum Gasteiger partial charge on any atom is -0.394 e. The van der Waals surface area contributed by atoms with Gasteiger partial charge in [-0.05, 0) is 19.9 Å². The van der Waals surface area contributed by atoms with Crippen molar-refractivity contribution in [2.75, 3.05) is 18.6 Å². The highest BCUT2D eigenvalue weighted by molar-refractivity contribution is 5.55. The molecule has 0 bridgehead atoms. The normalized spacial score (nSPS) is 14.6. The summed E-state index contributed by atoms with van der Waals surface area (Å²) in [5.74, 6) is -0.388. The third-order valence-electron chi connectivity index (χ3n) is 2.75. The molecular formula is C12H18FNO2. The summed E-state index contributed by atoms with van der Waals surface area (Å²) in [5, 5.41) is 18.6. The smallest absolute Gasteiger partial charge is 0.146 e. The van der Waals surface area contributed by atoms with Gasteiger partial charge in [-0.1, -0.05) is 12.1 Å². The quantitative estimate of drug-likeness (QED) is 0.822. The first kappa shape index (κ1) is 12.9. The number of aliphatic hydroxyl groups is 2. The minimum atomic E-state index is -0.737. The average Bonchev–Trinajstić information content (AvgIpc) is 2.26. The monoisotopic (exact) mass is 227 g/mol. The first-order valence-electron chi connectivity index (χ1n) is 5.29. The molecule has 0 aliphatic heterocycles. The van der Waals surface area contributed by atoms with Crippen molar-refractivity contribution >= 4 is 5.69 Å². The molecule has 2 N–H and O–H groups in total. The fourth-order valence-corrected chi connectivity index (χ4v) is 1.58. The van der Waals surface area contributed by atoms with Crippen LogP contribution in [0.25, 0.3) is 0 Å². The second-order valence-electron chi connectivity index (χ2n) is 4.00. The molecule has 90 valence electrons. The summed E-state index contributed by atoms with van der Waals surface area (Å²) < 4.78 is 13.7. The number of hydrogen-bond donors (Lipinski definition) is 2. The van der Waals surface area contributed by atoms with Gasteiger partial charge in [-0.15, -0.1) is 0 Å². The number of halogens is 1. The van der Waals surface area contributed by atoms with Gasteiger partial charge in [0.15, 0.2) is 0 Å². The topological polar surface area (TPSA) is 43.7 Å². The van der Waals surface area contributed by atoms with Crippen LogP contribution in [-0.2, 0) is 0 Å². The van der Waals surface area contributed by atoms with E-state index in [0.29, 0.717) is 11.3 Å². The van der Waals surface area contributed by atoms with E-state index >= 15 is 0 Å². The molecule has 0 aliphatic carbocycles. The summed E-state index contributed by atoms with van der Waals surface area (Å²) >= 11 is 0. The Bertz CT molecular complexity index is 355. The number of para-hydroxylation sites is 1. The molecule has 0 amide bonds. The number of hydrogen-bond acceptors (Lipinski definition) is 3. The van der Waals surface area contributed by atoms with E-state index in [0.717, 1.165) is 0 Å². The highest BCUT2D eigenvalue weighted by Crippen LogP contribution is 2.29. The molecule has 16 heavy (non-hydrogen) atoms. The van der Waals surface area contributed by atoms with E-state index in [4.69, 9.17) is 5.11 Å². The summed E-state index contributed by atoms with van der Waals surface area (Å²) in [7, 11) is 1.70. The van der Waals surface area contributed by atoms with Crippen molar-refractivity contribution in [3.8, 4) is 0 Å². The summed E-state index contributed by atoms with van der Waals surface area (Å²) in [6.07, 6.45) is -0.737. The average molecular weight is 227 g/mol. The number of benzene rings is 1. The van der Waals surface area contributed by atoms with E-state index in [1.54, 1.807) is 37.9 Å². The molecule has 4 heteroatoms. The van der Waals surface area contributed by atoms with Crippen LogP contribution in [0.15, 0.2) is 18.2 Å². The lowest BCUT2D eigenvalue weighted by Crippen LogP contribution is -2.33. The predicted octanol–water partition coefficient (Wildman–Crippen LogP) is 1.70. The molecule has 0 heterocycles. The van der Waals surface area contributed by atoms with E-state index in [-0.39, 0.29) is 18.5 Å². The Morgan fingerprint density at radius 1 is 1.38 bits per heavy atom. The fourth-order valence-electron chi connectivity index (χ4n) is 1.58.